The van der Waals surface area contributed by atoms with E-state index in [0.29, 0.717) is 0 Å². The van der Waals surface area contributed by atoms with Gasteiger partial charge in [0, 0.05) is 31.6 Å². The molecule has 0 aliphatic heterocycles. The lowest BCUT2D eigenvalue weighted by atomic mass is 10.1. The number of hydrogen-bond donors (Lipinski definition) is 1. The van der Waals surface area contributed by atoms with Crippen LogP contribution in [0.25, 0.3) is 0 Å². The SMILES string of the molecule is COCCc1ccccc1NC(C)c1cn(C)nc1C. The monoisotopic (exact) mass is 273 g/mol. The second-order valence-electron chi connectivity index (χ2n) is 5.11. The maximum absolute atomic E-state index is 5.17. The van der Waals surface area contributed by atoms with E-state index in [4.69, 9.17) is 4.74 Å². The zero-order chi connectivity index (χ0) is 14.5. The molecule has 2 rings (SSSR count). The second kappa shape index (κ2) is 6.57. The molecule has 1 unspecified atom stereocenters. The highest BCUT2D eigenvalue weighted by atomic mass is 16.5. The first-order chi connectivity index (χ1) is 9.61. The first-order valence-electron chi connectivity index (χ1n) is 6.95. The van der Waals surface area contributed by atoms with Gasteiger partial charge in [0.25, 0.3) is 0 Å². The summed E-state index contributed by atoms with van der Waals surface area (Å²) >= 11 is 0. The standard InChI is InChI=1S/C16H23N3O/c1-12(15-11-19(3)18-13(15)2)17-16-8-6-5-7-14(16)9-10-20-4/h5-8,11-12,17H,9-10H2,1-4H3. The zero-order valence-corrected chi connectivity index (χ0v) is 12.7. The first-order valence-corrected chi connectivity index (χ1v) is 6.95. The molecule has 0 aliphatic rings. The van der Waals surface area contributed by atoms with Crippen molar-refractivity contribution in [3.63, 3.8) is 0 Å². The first kappa shape index (κ1) is 14.6. The maximum Gasteiger partial charge on any atom is 0.0646 e. The smallest absolute Gasteiger partial charge is 0.0646 e. The van der Waals surface area contributed by atoms with Gasteiger partial charge in [-0.15, -0.1) is 0 Å². The third-order valence-electron chi connectivity index (χ3n) is 3.48. The van der Waals surface area contributed by atoms with Crippen LogP contribution in [-0.4, -0.2) is 23.5 Å². The van der Waals surface area contributed by atoms with Crippen LogP contribution in [0, 0.1) is 6.92 Å². The molecule has 0 saturated heterocycles. The predicted octanol–water partition coefficient (Wildman–Crippen LogP) is 3.09. The largest absolute Gasteiger partial charge is 0.384 e. The minimum Gasteiger partial charge on any atom is -0.384 e. The van der Waals surface area contributed by atoms with Crippen molar-refractivity contribution in [3.8, 4) is 0 Å². The van der Waals surface area contributed by atoms with Crippen LogP contribution in [0.5, 0.6) is 0 Å². The van der Waals surface area contributed by atoms with E-state index in [2.05, 4.69) is 47.8 Å². The van der Waals surface area contributed by atoms with Crippen LogP contribution in [0.15, 0.2) is 30.5 Å². The van der Waals surface area contributed by atoms with E-state index >= 15 is 0 Å². The normalized spacial score (nSPS) is 12.4. The van der Waals surface area contributed by atoms with Crippen LogP contribution in [0.1, 0.15) is 29.8 Å². The number of nitrogens with one attached hydrogen (secondary N) is 1. The van der Waals surface area contributed by atoms with Crippen molar-refractivity contribution in [1.29, 1.82) is 0 Å². The summed E-state index contributed by atoms with van der Waals surface area (Å²) in [5.74, 6) is 0. The van der Waals surface area contributed by atoms with Crippen LogP contribution in [0.2, 0.25) is 0 Å². The molecule has 4 heteroatoms. The topological polar surface area (TPSA) is 39.1 Å². The minimum atomic E-state index is 0.229. The van der Waals surface area contributed by atoms with Crippen LogP contribution >= 0.6 is 0 Å². The number of benzene rings is 1. The van der Waals surface area contributed by atoms with Gasteiger partial charge in [0.2, 0.25) is 0 Å². The highest BCUT2D eigenvalue weighted by Crippen LogP contribution is 2.24. The molecular formula is C16H23N3O. The Hall–Kier alpha value is -1.81. The van der Waals surface area contributed by atoms with E-state index in [1.807, 2.05) is 18.7 Å². The number of nitrogens with zero attached hydrogens (tertiary/aromatic N) is 2. The van der Waals surface area contributed by atoms with Crippen molar-refractivity contribution in [3.05, 3.63) is 47.3 Å². The molecule has 108 valence electrons. The van der Waals surface area contributed by atoms with E-state index in [1.165, 1.54) is 16.8 Å². The summed E-state index contributed by atoms with van der Waals surface area (Å²) in [6, 6.07) is 8.61. The highest BCUT2D eigenvalue weighted by molar-refractivity contribution is 5.52. The maximum atomic E-state index is 5.17. The van der Waals surface area contributed by atoms with Crippen LogP contribution < -0.4 is 5.32 Å². The zero-order valence-electron chi connectivity index (χ0n) is 12.7. The molecule has 1 atom stereocenters. The lowest BCUT2D eigenvalue weighted by Crippen LogP contribution is -2.09. The van der Waals surface area contributed by atoms with E-state index in [9.17, 15) is 0 Å². The Morgan fingerprint density at radius 3 is 2.75 bits per heavy atom. The molecule has 0 amide bonds. The van der Waals surface area contributed by atoms with Gasteiger partial charge in [0.1, 0.15) is 0 Å². The number of hydrogen-bond acceptors (Lipinski definition) is 3. The quantitative estimate of drug-likeness (QED) is 0.879. The average Bonchev–Trinajstić information content (AvgIpc) is 2.77. The van der Waals surface area contributed by atoms with Crippen LogP contribution in [-0.2, 0) is 18.2 Å². The minimum absolute atomic E-state index is 0.229. The molecule has 0 fully saturated rings. The number of ether oxygens (including phenoxy) is 1. The molecule has 1 aromatic carbocycles. The van der Waals surface area contributed by atoms with E-state index < -0.39 is 0 Å². The van der Waals surface area contributed by atoms with E-state index in [-0.39, 0.29) is 6.04 Å². The molecular weight excluding hydrogens is 250 g/mol. The van der Waals surface area contributed by atoms with Crippen molar-refractivity contribution < 1.29 is 4.74 Å². The van der Waals surface area contributed by atoms with Gasteiger partial charge in [-0.05, 0) is 31.9 Å². The Bertz CT molecular complexity index is 563. The van der Waals surface area contributed by atoms with Gasteiger partial charge in [-0.3, -0.25) is 4.68 Å². The summed E-state index contributed by atoms with van der Waals surface area (Å²) in [5, 5.41) is 7.98. The third-order valence-corrected chi connectivity index (χ3v) is 3.48. The summed E-state index contributed by atoms with van der Waals surface area (Å²) in [7, 11) is 3.69. The molecule has 0 saturated carbocycles. The molecule has 1 heterocycles. The summed E-state index contributed by atoms with van der Waals surface area (Å²) in [6.45, 7) is 4.94. The van der Waals surface area contributed by atoms with Crippen LogP contribution in [0.4, 0.5) is 5.69 Å². The summed E-state index contributed by atoms with van der Waals surface area (Å²) < 4.78 is 7.03. The van der Waals surface area contributed by atoms with Crippen molar-refractivity contribution in [2.24, 2.45) is 7.05 Å². The Labute approximate surface area is 120 Å². The lowest BCUT2D eigenvalue weighted by Gasteiger charge is -2.17. The fraction of sp³-hybridized carbons (Fsp3) is 0.438. The number of aryl methyl sites for hydroxylation is 2. The Kier molecular flexibility index (Phi) is 4.79. The van der Waals surface area contributed by atoms with E-state index in [1.54, 1.807) is 7.11 Å². The summed E-state index contributed by atoms with van der Waals surface area (Å²) in [6.07, 6.45) is 2.99. The van der Waals surface area contributed by atoms with E-state index in [0.717, 1.165) is 18.7 Å². The fourth-order valence-corrected chi connectivity index (χ4v) is 2.45. The molecule has 1 N–H and O–H groups in total. The molecule has 0 spiro atoms. The van der Waals surface area contributed by atoms with Gasteiger partial charge in [-0.1, -0.05) is 18.2 Å². The highest BCUT2D eigenvalue weighted by Gasteiger charge is 2.12. The summed E-state index contributed by atoms with van der Waals surface area (Å²) in [5.41, 5.74) is 4.75. The van der Waals surface area contributed by atoms with Gasteiger partial charge < -0.3 is 10.1 Å². The number of aromatic nitrogens is 2. The second-order valence-corrected chi connectivity index (χ2v) is 5.11. The van der Waals surface area contributed by atoms with Gasteiger partial charge in [-0.25, -0.2) is 0 Å². The van der Waals surface area contributed by atoms with Crippen molar-refractivity contribution in [1.82, 2.24) is 9.78 Å². The van der Waals surface area contributed by atoms with Gasteiger partial charge >= 0.3 is 0 Å². The Morgan fingerprint density at radius 2 is 2.10 bits per heavy atom. The van der Waals surface area contributed by atoms with Crippen molar-refractivity contribution in [2.75, 3.05) is 19.0 Å². The molecule has 20 heavy (non-hydrogen) atoms. The van der Waals surface area contributed by atoms with Gasteiger partial charge in [0.15, 0.2) is 0 Å². The number of rotatable bonds is 6. The molecule has 0 aliphatic carbocycles. The summed E-state index contributed by atoms with van der Waals surface area (Å²) in [4.78, 5) is 0. The molecule has 1 aromatic heterocycles. The van der Waals surface area contributed by atoms with Crippen molar-refractivity contribution >= 4 is 5.69 Å². The Balaban J connectivity index is 2.15. The van der Waals surface area contributed by atoms with Crippen molar-refractivity contribution in [2.45, 2.75) is 26.3 Å². The number of anilines is 1. The molecule has 0 bridgehead atoms. The number of methoxy groups -OCH3 is 1. The Morgan fingerprint density at radius 1 is 1.35 bits per heavy atom. The number of para-hydroxylation sites is 1. The fourth-order valence-electron chi connectivity index (χ4n) is 2.45. The average molecular weight is 273 g/mol. The predicted molar refractivity (Wildman–Crippen MR) is 82.0 cm³/mol. The molecule has 4 nitrogen and oxygen atoms in total. The third kappa shape index (κ3) is 3.39. The van der Waals surface area contributed by atoms with Gasteiger partial charge in [0.05, 0.1) is 18.3 Å². The van der Waals surface area contributed by atoms with Crippen LogP contribution in [0.3, 0.4) is 0 Å². The molecule has 2 aromatic rings. The van der Waals surface area contributed by atoms with Gasteiger partial charge in [-0.2, -0.15) is 5.10 Å². The lowest BCUT2D eigenvalue weighted by molar-refractivity contribution is 0.202. The molecule has 0 radical (unpaired) electrons.